The van der Waals surface area contributed by atoms with E-state index >= 15 is 0 Å². The minimum atomic E-state index is -0.405. The molecule has 3 aromatic rings. The number of H-pyrrole nitrogens is 1. The van der Waals surface area contributed by atoms with E-state index in [0.717, 1.165) is 41.6 Å². The molecule has 0 spiro atoms. The Kier molecular flexibility index (Phi) is 6.72. The molecule has 32 heavy (non-hydrogen) atoms. The topological polar surface area (TPSA) is 78.5 Å². The highest BCUT2D eigenvalue weighted by Crippen LogP contribution is 2.25. The van der Waals surface area contributed by atoms with Crippen molar-refractivity contribution in [1.82, 2.24) is 19.8 Å². The Hall–Kier alpha value is -2.97. The van der Waals surface area contributed by atoms with E-state index in [-0.39, 0.29) is 5.91 Å². The number of carbonyl (C=O) groups is 2. The van der Waals surface area contributed by atoms with Gasteiger partial charge in [0.05, 0.1) is 18.4 Å². The molecule has 0 unspecified atom stereocenters. The third-order valence-electron chi connectivity index (χ3n) is 5.90. The second-order valence-corrected chi connectivity index (χ2v) is 8.76. The first-order valence-electron chi connectivity index (χ1n) is 10.8. The van der Waals surface area contributed by atoms with E-state index in [9.17, 15) is 9.59 Å². The van der Waals surface area contributed by atoms with Gasteiger partial charge in [0.15, 0.2) is 0 Å². The number of hydrogen-bond acceptors (Lipinski definition) is 6. The van der Waals surface area contributed by atoms with Crippen molar-refractivity contribution >= 4 is 23.2 Å². The van der Waals surface area contributed by atoms with Gasteiger partial charge in [-0.2, -0.15) is 0 Å². The predicted octanol–water partition coefficient (Wildman–Crippen LogP) is 3.75. The zero-order chi connectivity index (χ0) is 22.7. The molecule has 0 saturated carbocycles. The maximum absolute atomic E-state index is 13.2. The predicted molar refractivity (Wildman–Crippen MR) is 125 cm³/mol. The lowest BCUT2D eigenvalue weighted by molar-refractivity contribution is 0.0599. The van der Waals surface area contributed by atoms with Crippen molar-refractivity contribution < 1.29 is 14.3 Å². The van der Waals surface area contributed by atoms with Crippen LogP contribution in [0.2, 0.25) is 0 Å². The number of thiazole rings is 1. The summed E-state index contributed by atoms with van der Waals surface area (Å²) in [5.41, 5.74) is 4.57. The van der Waals surface area contributed by atoms with Gasteiger partial charge in [0.2, 0.25) is 0 Å². The molecule has 2 aromatic heterocycles. The Morgan fingerprint density at radius 1 is 1.16 bits per heavy atom. The molecule has 0 bridgehead atoms. The third-order valence-corrected chi connectivity index (χ3v) is 6.84. The SMILES string of the molecule is CCc1[nH]c(C(=O)N2CCN(Cc3csc(-c4ccccc4)n3)CC2)c(C)c1C(=O)OC. The van der Waals surface area contributed by atoms with Gasteiger partial charge in [0.1, 0.15) is 10.7 Å². The maximum atomic E-state index is 13.2. The molecule has 0 atom stereocenters. The lowest BCUT2D eigenvalue weighted by Gasteiger charge is -2.34. The van der Waals surface area contributed by atoms with E-state index in [0.29, 0.717) is 36.3 Å². The van der Waals surface area contributed by atoms with Gasteiger partial charge in [-0.25, -0.2) is 9.78 Å². The van der Waals surface area contributed by atoms with E-state index in [1.54, 1.807) is 18.3 Å². The minimum Gasteiger partial charge on any atom is -0.465 e. The number of aromatic nitrogens is 2. The third kappa shape index (κ3) is 4.47. The van der Waals surface area contributed by atoms with Gasteiger partial charge in [0.25, 0.3) is 5.91 Å². The lowest BCUT2D eigenvalue weighted by atomic mass is 10.1. The number of piperazine rings is 1. The van der Waals surface area contributed by atoms with Crippen LogP contribution in [0.1, 0.15) is 44.7 Å². The Balaban J connectivity index is 1.38. The second-order valence-electron chi connectivity index (χ2n) is 7.90. The molecular formula is C24H28N4O3S. The van der Waals surface area contributed by atoms with E-state index in [4.69, 9.17) is 9.72 Å². The summed E-state index contributed by atoms with van der Waals surface area (Å²) in [6.45, 7) is 7.39. The van der Waals surface area contributed by atoms with Crippen molar-refractivity contribution in [3.05, 3.63) is 63.9 Å². The summed E-state index contributed by atoms with van der Waals surface area (Å²) in [4.78, 5) is 37.4. The van der Waals surface area contributed by atoms with Crippen molar-refractivity contribution in [2.75, 3.05) is 33.3 Å². The van der Waals surface area contributed by atoms with Gasteiger partial charge in [-0.3, -0.25) is 9.69 Å². The standard InChI is InChI=1S/C24H28N4O3S/c1-4-19-20(24(30)31-3)16(2)21(26-19)23(29)28-12-10-27(11-13-28)14-18-15-32-22(25-18)17-8-6-5-7-9-17/h5-9,15,26H,4,10-14H2,1-3H3. The van der Waals surface area contributed by atoms with Gasteiger partial charge in [-0.1, -0.05) is 37.3 Å². The van der Waals surface area contributed by atoms with E-state index in [2.05, 4.69) is 27.4 Å². The number of ether oxygens (including phenoxy) is 1. The molecule has 1 N–H and O–H groups in total. The highest BCUT2D eigenvalue weighted by molar-refractivity contribution is 7.13. The molecule has 1 aromatic carbocycles. The summed E-state index contributed by atoms with van der Waals surface area (Å²) >= 11 is 1.66. The molecule has 1 aliphatic rings. The van der Waals surface area contributed by atoms with Crippen LogP contribution in [-0.2, 0) is 17.7 Å². The first kappa shape index (κ1) is 22.2. The van der Waals surface area contributed by atoms with Crippen LogP contribution in [0.15, 0.2) is 35.7 Å². The monoisotopic (exact) mass is 452 g/mol. The van der Waals surface area contributed by atoms with E-state index in [1.807, 2.05) is 30.0 Å². The van der Waals surface area contributed by atoms with E-state index < -0.39 is 5.97 Å². The lowest BCUT2D eigenvalue weighted by Crippen LogP contribution is -2.48. The summed E-state index contributed by atoms with van der Waals surface area (Å²) in [6.07, 6.45) is 0.630. The summed E-state index contributed by atoms with van der Waals surface area (Å²) in [6, 6.07) is 10.2. The number of nitrogens with one attached hydrogen (secondary N) is 1. The van der Waals surface area contributed by atoms with E-state index in [1.165, 1.54) is 7.11 Å². The van der Waals surface area contributed by atoms with Gasteiger partial charge < -0.3 is 14.6 Å². The zero-order valence-corrected chi connectivity index (χ0v) is 19.5. The molecular weight excluding hydrogens is 424 g/mol. The van der Waals surface area contributed by atoms with Crippen LogP contribution in [-0.4, -0.2) is 64.9 Å². The summed E-state index contributed by atoms with van der Waals surface area (Å²) in [5, 5.41) is 3.15. The fourth-order valence-corrected chi connectivity index (χ4v) is 4.92. The van der Waals surface area contributed by atoms with Crippen LogP contribution in [0.5, 0.6) is 0 Å². The minimum absolute atomic E-state index is 0.0629. The van der Waals surface area contributed by atoms with Gasteiger partial charge in [0, 0.05) is 49.4 Å². The summed E-state index contributed by atoms with van der Waals surface area (Å²) in [5.74, 6) is -0.468. The highest BCUT2D eigenvalue weighted by Gasteiger charge is 2.28. The average molecular weight is 453 g/mol. The van der Waals surface area contributed by atoms with Crippen LogP contribution >= 0.6 is 11.3 Å². The number of benzene rings is 1. The molecule has 4 rings (SSSR count). The molecule has 1 saturated heterocycles. The normalized spacial score (nSPS) is 14.5. The number of hydrogen-bond donors (Lipinski definition) is 1. The maximum Gasteiger partial charge on any atom is 0.339 e. The van der Waals surface area contributed by atoms with Crippen molar-refractivity contribution in [2.24, 2.45) is 0 Å². The first-order chi connectivity index (χ1) is 15.5. The molecule has 0 aliphatic carbocycles. The molecule has 1 aliphatic heterocycles. The molecule has 8 heteroatoms. The molecule has 168 valence electrons. The quantitative estimate of drug-likeness (QED) is 0.576. The Morgan fingerprint density at radius 2 is 1.88 bits per heavy atom. The van der Waals surface area contributed by atoms with Crippen molar-refractivity contribution in [3.63, 3.8) is 0 Å². The van der Waals surface area contributed by atoms with Crippen molar-refractivity contribution in [1.29, 1.82) is 0 Å². The fourth-order valence-electron chi connectivity index (χ4n) is 4.11. The summed E-state index contributed by atoms with van der Waals surface area (Å²) < 4.78 is 4.90. The summed E-state index contributed by atoms with van der Waals surface area (Å²) in [7, 11) is 1.36. The number of esters is 1. The molecule has 1 amide bonds. The fraction of sp³-hybridized carbons (Fsp3) is 0.375. The number of nitrogens with zero attached hydrogens (tertiary/aromatic N) is 3. The second kappa shape index (κ2) is 9.67. The average Bonchev–Trinajstić information content (AvgIpc) is 3.43. The Bertz CT molecular complexity index is 1100. The number of carbonyl (C=O) groups excluding carboxylic acids is 2. The smallest absolute Gasteiger partial charge is 0.339 e. The number of amides is 1. The molecule has 0 radical (unpaired) electrons. The zero-order valence-electron chi connectivity index (χ0n) is 18.7. The number of aromatic amines is 1. The van der Waals surface area contributed by atoms with Crippen LogP contribution in [0, 0.1) is 6.92 Å². The molecule has 7 nitrogen and oxygen atoms in total. The number of aryl methyl sites for hydroxylation is 1. The number of methoxy groups -OCH3 is 1. The molecule has 3 heterocycles. The van der Waals surface area contributed by atoms with Gasteiger partial charge in [-0.15, -0.1) is 11.3 Å². The first-order valence-corrected chi connectivity index (χ1v) is 11.7. The highest BCUT2D eigenvalue weighted by atomic mass is 32.1. The van der Waals surface area contributed by atoms with Crippen LogP contribution in [0.25, 0.3) is 10.6 Å². The van der Waals surface area contributed by atoms with Crippen LogP contribution < -0.4 is 0 Å². The van der Waals surface area contributed by atoms with Gasteiger partial charge in [-0.05, 0) is 18.9 Å². The van der Waals surface area contributed by atoms with Crippen molar-refractivity contribution in [2.45, 2.75) is 26.8 Å². The van der Waals surface area contributed by atoms with Gasteiger partial charge >= 0.3 is 5.97 Å². The molecule has 1 fully saturated rings. The van der Waals surface area contributed by atoms with Crippen LogP contribution in [0.3, 0.4) is 0 Å². The van der Waals surface area contributed by atoms with Crippen LogP contribution in [0.4, 0.5) is 0 Å². The van der Waals surface area contributed by atoms with Crippen molar-refractivity contribution in [3.8, 4) is 10.6 Å². The Morgan fingerprint density at radius 3 is 2.53 bits per heavy atom. The number of rotatable bonds is 6. The Labute approximate surface area is 192 Å². The largest absolute Gasteiger partial charge is 0.465 e.